The average Bonchev–Trinajstić information content (AvgIpc) is 3.07. The number of halogens is 1. The van der Waals surface area contributed by atoms with Gasteiger partial charge in [-0.3, -0.25) is 9.59 Å². The summed E-state index contributed by atoms with van der Waals surface area (Å²) in [5, 5.41) is 14.6. The van der Waals surface area contributed by atoms with Crippen LogP contribution in [0.1, 0.15) is 36.1 Å². The lowest BCUT2D eigenvalue weighted by atomic mass is 10.0. The van der Waals surface area contributed by atoms with Gasteiger partial charge in [0.05, 0.1) is 0 Å². The van der Waals surface area contributed by atoms with Crippen LogP contribution >= 0.6 is 11.6 Å². The topological polar surface area (TPSA) is 86.9 Å². The fourth-order valence-corrected chi connectivity index (χ4v) is 3.11. The van der Waals surface area contributed by atoms with Gasteiger partial charge in [0.15, 0.2) is 5.76 Å². The van der Waals surface area contributed by atoms with Crippen molar-refractivity contribution in [2.24, 2.45) is 0 Å². The highest BCUT2D eigenvalue weighted by molar-refractivity contribution is 6.30. The number of benzene rings is 1. The normalized spacial score (nSPS) is 15.8. The predicted octanol–water partition coefficient (Wildman–Crippen LogP) is 2.35. The molecule has 0 spiro atoms. The van der Waals surface area contributed by atoms with Crippen molar-refractivity contribution in [3.05, 3.63) is 40.6 Å². The Morgan fingerprint density at radius 1 is 1.15 bits per heavy atom. The first-order valence-corrected chi connectivity index (χ1v) is 8.74. The Bertz CT molecular complexity index is 808. The van der Waals surface area contributed by atoms with Gasteiger partial charge in [0.1, 0.15) is 17.4 Å². The number of carbonyl (C=O) groups is 2. The van der Waals surface area contributed by atoms with E-state index >= 15 is 0 Å². The number of aliphatic hydroxyl groups is 1. The van der Waals surface area contributed by atoms with Crippen LogP contribution in [0.5, 0.6) is 0 Å². The van der Waals surface area contributed by atoms with Crippen molar-refractivity contribution in [1.29, 1.82) is 0 Å². The Kier molecular flexibility index (Phi) is 5.29. The second-order valence-electron chi connectivity index (χ2n) is 6.25. The first-order valence-electron chi connectivity index (χ1n) is 8.37. The van der Waals surface area contributed by atoms with Crippen LogP contribution in [0.15, 0.2) is 28.8 Å². The summed E-state index contributed by atoms with van der Waals surface area (Å²) in [4.78, 5) is 27.9. The number of aliphatic hydroxyl groups excluding tert-OH is 1. The van der Waals surface area contributed by atoms with Crippen LogP contribution in [0.2, 0.25) is 5.02 Å². The molecule has 138 valence electrons. The summed E-state index contributed by atoms with van der Waals surface area (Å²) in [5.74, 6) is -0.141. The third kappa shape index (κ3) is 3.59. The fraction of sp³-hybridized carbons (Fsp3) is 0.389. The van der Waals surface area contributed by atoms with Crippen molar-refractivity contribution in [3.63, 3.8) is 0 Å². The van der Waals surface area contributed by atoms with Crippen LogP contribution in [0.3, 0.4) is 0 Å². The van der Waals surface area contributed by atoms with Gasteiger partial charge in [-0.05, 0) is 19.1 Å². The lowest BCUT2D eigenvalue weighted by molar-refractivity contribution is -0.130. The zero-order chi connectivity index (χ0) is 18.8. The maximum Gasteiger partial charge on any atom is 0.259 e. The van der Waals surface area contributed by atoms with Gasteiger partial charge in [0, 0.05) is 43.7 Å². The van der Waals surface area contributed by atoms with Crippen LogP contribution in [-0.4, -0.2) is 58.1 Å². The SMILES string of the molecule is CC(=O)N1CCN(C(=O)c2c(-c3ccc(Cl)cc3)noc2C(C)O)CC1. The minimum atomic E-state index is -0.971. The molecule has 1 aromatic carbocycles. The molecule has 1 atom stereocenters. The van der Waals surface area contributed by atoms with Gasteiger partial charge < -0.3 is 19.4 Å². The van der Waals surface area contributed by atoms with E-state index in [1.165, 1.54) is 13.8 Å². The molecule has 0 bridgehead atoms. The minimum absolute atomic E-state index is 0.00593. The van der Waals surface area contributed by atoms with Crippen molar-refractivity contribution in [2.45, 2.75) is 20.0 Å². The Labute approximate surface area is 156 Å². The van der Waals surface area contributed by atoms with Gasteiger partial charge in [0.2, 0.25) is 5.91 Å². The second kappa shape index (κ2) is 7.47. The zero-order valence-corrected chi connectivity index (χ0v) is 15.4. The molecule has 0 radical (unpaired) electrons. The van der Waals surface area contributed by atoms with Gasteiger partial charge in [0.25, 0.3) is 5.91 Å². The lowest BCUT2D eigenvalue weighted by Gasteiger charge is -2.34. The summed E-state index contributed by atoms with van der Waals surface area (Å²) in [5.41, 5.74) is 1.30. The maximum atomic E-state index is 13.1. The zero-order valence-electron chi connectivity index (χ0n) is 14.6. The number of piperazine rings is 1. The van der Waals surface area contributed by atoms with Crippen LogP contribution in [-0.2, 0) is 4.79 Å². The number of hydrogen-bond acceptors (Lipinski definition) is 5. The molecular weight excluding hydrogens is 358 g/mol. The number of amides is 2. The highest BCUT2D eigenvalue weighted by Crippen LogP contribution is 2.31. The second-order valence-corrected chi connectivity index (χ2v) is 6.69. The number of carbonyl (C=O) groups excluding carboxylic acids is 2. The Hall–Kier alpha value is -2.38. The molecule has 1 fully saturated rings. The third-order valence-electron chi connectivity index (χ3n) is 4.44. The Balaban J connectivity index is 1.92. The largest absolute Gasteiger partial charge is 0.385 e. The summed E-state index contributed by atoms with van der Waals surface area (Å²) in [6.07, 6.45) is -0.971. The highest BCUT2D eigenvalue weighted by atomic mass is 35.5. The number of aromatic nitrogens is 1. The van der Waals surface area contributed by atoms with Gasteiger partial charge in [-0.2, -0.15) is 0 Å². The molecule has 1 aliphatic rings. The molecule has 2 heterocycles. The molecule has 2 aromatic rings. The van der Waals surface area contributed by atoms with Crippen molar-refractivity contribution >= 4 is 23.4 Å². The summed E-state index contributed by atoms with van der Waals surface area (Å²) >= 11 is 5.93. The molecule has 7 nitrogen and oxygen atoms in total. The molecule has 1 aliphatic heterocycles. The monoisotopic (exact) mass is 377 g/mol. The fourth-order valence-electron chi connectivity index (χ4n) is 2.98. The molecule has 1 saturated heterocycles. The van der Waals surface area contributed by atoms with E-state index in [0.717, 1.165) is 0 Å². The van der Waals surface area contributed by atoms with Crippen LogP contribution in [0, 0.1) is 0 Å². The highest BCUT2D eigenvalue weighted by Gasteiger charge is 2.31. The van der Waals surface area contributed by atoms with E-state index in [9.17, 15) is 14.7 Å². The molecule has 0 aliphatic carbocycles. The van der Waals surface area contributed by atoms with Crippen molar-refractivity contribution in [3.8, 4) is 11.3 Å². The van der Waals surface area contributed by atoms with Gasteiger partial charge in [-0.15, -0.1) is 0 Å². The van der Waals surface area contributed by atoms with E-state index in [0.29, 0.717) is 42.5 Å². The maximum absolute atomic E-state index is 13.1. The summed E-state index contributed by atoms with van der Waals surface area (Å²) in [7, 11) is 0. The molecule has 2 amide bonds. The van der Waals surface area contributed by atoms with Gasteiger partial charge in [-0.25, -0.2) is 0 Å². The van der Waals surface area contributed by atoms with E-state index in [4.69, 9.17) is 16.1 Å². The molecule has 1 unspecified atom stereocenters. The van der Waals surface area contributed by atoms with Crippen molar-refractivity contribution in [1.82, 2.24) is 15.0 Å². The molecular formula is C18H20ClN3O4. The van der Waals surface area contributed by atoms with E-state index < -0.39 is 6.10 Å². The third-order valence-corrected chi connectivity index (χ3v) is 4.69. The lowest BCUT2D eigenvalue weighted by Crippen LogP contribution is -2.50. The summed E-state index contributed by atoms with van der Waals surface area (Å²) in [6, 6.07) is 6.90. The van der Waals surface area contributed by atoms with Gasteiger partial charge >= 0.3 is 0 Å². The number of rotatable bonds is 3. The number of hydrogen-bond donors (Lipinski definition) is 1. The molecule has 1 N–H and O–H groups in total. The quantitative estimate of drug-likeness (QED) is 0.887. The Morgan fingerprint density at radius 2 is 1.73 bits per heavy atom. The van der Waals surface area contributed by atoms with Crippen LogP contribution in [0.25, 0.3) is 11.3 Å². The first-order chi connectivity index (χ1) is 12.4. The molecule has 3 rings (SSSR count). The summed E-state index contributed by atoms with van der Waals surface area (Å²) < 4.78 is 5.27. The molecule has 1 aromatic heterocycles. The Morgan fingerprint density at radius 3 is 2.27 bits per heavy atom. The standard InChI is InChI=1S/C18H20ClN3O4/c1-11(23)17-15(16(20-26-17)13-3-5-14(19)6-4-13)18(25)22-9-7-21(8-10-22)12(2)24/h3-6,11,23H,7-10H2,1-2H3. The van der Waals surface area contributed by atoms with Crippen LogP contribution in [0.4, 0.5) is 0 Å². The van der Waals surface area contributed by atoms with Gasteiger partial charge in [-0.1, -0.05) is 28.9 Å². The van der Waals surface area contributed by atoms with E-state index in [2.05, 4.69) is 5.16 Å². The summed E-state index contributed by atoms with van der Waals surface area (Å²) in [6.45, 7) is 4.84. The molecule has 0 saturated carbocycles. The number of nitrogens with zero attached hydrogens (tertiary/aromatic N) is 3. The molecule has 26 heavy (non-hydrogen) atoms. The average molecular weight is 378 g/mol. The first kappa shape index (κ1) is 18.4. The van der Waals surface area contributed by atoms with E-state index in [-0.39, 0.29) is 23.1 Å². The van der Waals surface area contributed by atoms with Crippen molar-refractivity contribution < 1.29 is 19.2 Å². The van der Waals surface area contributed by atoms with Crippen molar-refractivity contribution in [2.75, 3.05) is 26.2 Å². The smallest absolute Gasteiger partial charge is 0.259 e. The predicted molar refractivity (Wildman–Crippen MR) is 95.7 cm³/mol. The van der Waals surface area contributed by atoms with E-state index in [1.54, 1.807) is 34.1 Å². The minimum Gasteiger partial charge on any atom is -0.385 e. The van der Waals surface area contributed by atoms with Crippen LogP contribution < -0.4 is 0 Å². The van der Waals surface area contributed by atoms with E-state index in [1.807, 2.05) is 0 Å². The molecule has 8 heteroatoms.